The first kappa shape index (κ1) is 31.0. The second-order valence-electron chi connectivity index (χ2n) is 9.33. The first-order chi connectivity index (χ1) is 20.0. The summed E-state index contributed by atoms with van der Waals surface area (Å²) < 4.78 is 70.3. The van der Waals surface area contributed by atoms with Crippen LogP contribution in [-0.4, -0.2) is 42.3 Å². The summed E-state index contributed by atoms with van der Waals surface area (Å²) in [5.41, 5.74) is -0.967. The molecule has 3 heterocycles. The molecule has 5 aromatic rings. The summed E-state index contributed by atoms with van der Waals surface area (Å²) in [5, 5.41) is 9.95. The van der Waals surface area contributed by atoms with Crippen molar-refractivity contribution in [1.82, 2.24) is 29.3 Å². The number of ether oxygens (including phenoxy) is 2. The molecule has 0 aliphatic carbocycles. The number of anilines is 1. The Hall–Kier alpha value is -4.92. The number of pyridine rings is 1. The summed E-state index contributed by atoms with van der Waals surface area (Å²) in [7, 11) is 2.60. The second kappa shape index (κ2) is 12.1. The molecule has 0 bridgehead atoms. The minimum absolute atomic E-state index is 0. The first-order valence-corrected chi connectivity index (χ1v) is 12.3. The van der Waals surface area contributed by atoms with Gasteiger partial charge < -0.3 is 19.8 Å². The van der Waals surface area contributed by atoms with Gasteiger partial charge in [0.1, 0.15) is 19.5 Å². The number of nitrogens with zero attached hydrogens (tertiary/aromatic N) is 5. The largest absolute Gasteiger partial charge is 0.493 e. The maximum Gasteiger partial charge on any atom is 0.416 e. The number of carbonyl (C=O) groups excluding carboxylic acids is 1. The Morgan fingerprint density at radius 1 is 1.14 bits per heavy atom. The monoisotopic (exact) mass is 621 g/mol. The number of rotatable bonds is 8. The average molecular weight is 622 g/mol. The Balaban J connectivity index is 0.00000423. The van der Waals surface area contributed by atoms with Crippen LogP contribution in [0.2, 0.25) is 0 Å². The minimum Gasteiger partial charge on any atom is -0.493 e. The van der Waals surface area contributed by atoms with E-state index in [1.165, 1.54) is 32.7 Å². The molecule has 0 aliphatic heterocycles. The molecule has 2 N–H and O–H groups in total. The number of aromatic amines is 1. The van der Waals surface area contributed by atoms with Gasteiger partial charge in [-0.05, 0) is 48.4 Å². The topological polar surface area (TPSA) is 129 Å². The van der Waals surface area contributed by atoms with Crippen LogP contribution < -0.4 is 20.5 Å². The number of amides is 1. The van der Waals surface area contributed by atoms with Crippen molar-refractivity contribution in [2.75, 3.05) is 12.4 Å². The third kappa shape index (κ3) is 6.30. The molecule has 11 nitrogen and oxygen atoms in total. The number of halogens is 5. The number of nitrogens with one attached hydrogen (secondary N) is 2. The van der Waals surface area contributed by atoms with Crippen molar-refractivity contribution in [3.63, 3.8) is 0 Å². The van der Waals surface area contributed by atoms with Crippen molar-refractivity contribution in [3.05, 3.63) is 82.3 Å². The highest BCUT2D eigenvalue weighted by Crippen LogP contribution is 2.41. The molecule has 1 amide bonds. The molecule has 0 fully saturated rings. The van der Waals surface area contributed by atoms with Crippen LogP contribution in [0.3, 0.4) is 0 Å². The van der Waals surface area contributed by atoms with Gasteiger partial charge in [-0.2, -0.15) is 13.2 Å². The standard InChI is InChI=1S/C27H23F4N7O4.ClH/c1-14-4-17(10-32-9-14)35-23(39)11-38-20-8-16(27(29,30)31)7-18(24(20)37(2)26(38)40)15-5-19(28)25(21(6-15)41-3)42-12-22-33-13-34-36-22;/h4-10,13H,11-12H2,1-3H3,(H,35,39)(H,33,34,36);1H. The Kier molecular flexibility index (Phi) is 8.75. The van der Waals surface area contributed by atoms with E-state index in [2.05, 4.69) is 25.5 Å². The lowest BCUT2D eigenvalue weighted by Crippen LogP contribution is -2.28. The van der Waals surface area contributed by atoms with E-state index in [0.717, 1.165) is 32.9 Å². The number of carbonyl (C=O) groups is 1. The van der Waals surface area contributed by atoms with Crippen molar-refractivity contribution in [3.8, 4) is 22.6 Å². The highest BCUT2D eigenvalue weighted by Gasteiger charge is 2.33. The number of alkyl halides is 3. The Bertz CT molecular complexity index is 1850. The third-order valence-corrected chi connectivity index (χ3v) is 6.38. The summed E-state index contributed by atoms with van der Waals surface area (Å²) in [5.74, 6) is -1.68. The molecule has 3 aromatic heterocycles. The van der Waals surface area contributed by atoms with Gasteiger partial charge in [0, 0.05) is 18.8 Å². The Morgan fingerprint density at radius 2 is 1.91 bits per heavy atom. The van der Waals surface area contributed by atoms with Crippen LogP contribution in [0.15, 0.2) is 53.8 Å². The predicted octanol–water partition coefficient (Wildman–Crippen LogP) is 4.63. The van der Waals surface area contributed by atoms with Gasteiger partial charge in [-0.3, -0.25) is 18.9 Å². The number of fused-ring (bicyclic) bond motifs is 1. The van der Waals surface area contributed by atoms with Crippen LogP contribution in [-0.2, 0) is 31.2 Å². The molecule has 5 rings (SSSR count). The highest BCUT2D eigenvalue weighted by atomic mass is 35.5. The zero-order valence-corrected chi connectivity index (χ0v) is 23.6. The van der Waals surface area contributed by atoms with Gasteiger partial charge in [0.2, 0.25) is 5.91 Å². The van der Waals surface area contributed by atoms with Crippen LogP contribution in [0.5, 0.6) is 11.5 Å². The summed E-state index contributed by atoms with van der Waals surface area (Å²) in [6.07, 6.45) is -0.526. The summed E-state index contributed by atoms with van der Waals surface area (Å²) >= 11 is 0. The summed E-state index contributed by atoms with van der Waals surface area (Å²) in [4.78, 5) is 32.7. The van der Waals surface area contributed by atoms with Gasteiger partial charge in [-0.25, -0.2) is 9.18 Å². The fraction of sp³-hybridized carbons (Fsp3) is 0.222. The highest BCUT2D eigenvalue weighted by molar-refractivity contribution is 5.96. The smallest absolute Gasteiger partial charge is 0.416 e. The van der Waals surface area contributed by atoms with Gasteiger partial charge in [0.15, 0.2) is 23.1 Å². The number of hydrogen-bond donors (Lipinski definition) is 2. The molecule has 43 heavy (non-hydrogen) atoms. The van der Waals surface area contributed by atoms with E-state index in [4.69, 9.17) is 9.47 Å². The zero-order valence-electron chi connectivity index (χ0n) is 22.8. The molecule has 226 valence electrons. The lowest BCUT2D eigenvalue weighted by atomic mass is 9.99. The van der Waals surface area contributed by atoms with Gasteiger partial charge in [0.05, 0.1) is 35.6 Å². The molecule has 0 saturated heterocycles. The Labute approximate surface area is 246 Å². The van der Waals surface area contributed by atoms with Crippen LogP contribution in [0.25, 0.3) is 22.2 Å². The van der Waals surface area contributed by atoms with E-state index >= 15 is 4.39 Å². The van der Waals surface area contributed by atoms with E-state index < -0.39 is 35.7 Å². The number of H-pyrrole nitrogens is 1. The van der Waals surface area contributed by atoms with Gasteiger partial charge in [0.25, 0.3) is 0 Å². The number of benzene rings is 2. The molecule has 0 atom stereocenters. The number of hydrogen-bond acceptors (Lipinski definition) is 7. The molecule has 0 spiro atoms. The maximum absolute atomic E-state index is 15.3. The molecular formula is C27H24ClF4N7O4. The summed E-state index contributed by atoms with van der Waals surface area (Å²) in [6, 6.07) is 5.52. The fourth-order valence-corrected chi connectivity index (χ4v) is 4.52. The third-order valence-electron chi connectivity index (χ3n) is 6.38. The van der Waals surface area contributed by atoms with Crippen LogP contribution in [0.1, 0.15) is 17.0 Å². The average Bonchev–Trinajstić information content (AvgIpc) is 3.54. The van der Waals surface area contributed by atoms with E-state index in [9.17, 15) is 22.8 Å². The van der Waals surface area contributed by atoms with E-state index in [1.54, 1.807) is 19.2 Å². The van der Waals surface area contributed by atoms with Crippen LogP contribution in [0, 0.1) is 12.7 Å². The molecule has 2 aromatic carbocycles. The number of methoxy groups -OCH3 is 1. The minimum atomic E-state index is -4.82. The Morgan fingerprint density at radius 3 is 2.56 bits per heavy atom. The van der Waals surface area contributed by atoms with E-state index in [1.807, 2.05) is 0 Å². The fourth-order valence-electron chi connectivity index (χ4n) is 4.52. The predicted molar refractivity (Wildman–Crippen MR) is 150 cm³/mol. The quantitative estimate of drug-likeness (QED) is 0.242. The van der Waals surface area contributed by atoms with Crippen LogP contribution >= 0.6 is 12.4 Å². The number of aromatic nitrogens is 6. The molecule has 0 saturated carbocycles. The van der Waals surface area contributed by atoms with Crippen molar-refractivity contribution in [2.24, 2.45) is 7.05 Å². The lowest BCUT2D eigenvalue weighted by molar-refractivity contribution is -0.137. The molecular weight excluding hydrogens is 598 g/mol. The van der Waals surface area contributed by atoms with E-state index in [0.29, 0.717) is 11.5 Å². The van der Waals surface area contributed by atoms with Crippen molar-refractivity contribution in [2.45, 2.75) is 26.3 Å². The van der Waals surface area contributed by atoms with Gasteiger partial charge in [-0.1, -0.05) is 0 Å². The molecule has 0 unspecified atom stereocenters. The number of aryl methyl sites for hydroxylation is 2. The lowest BCUT2D eigenvalue weighted by Gasteiger charge is -2.15. The normalized spacial score (nSPS) is 11.3. The molecule has 16 heteroatoms. The number of imidazole rings is 1. The maximum atomic E-state index is 15.3. The van der Waals surface area contributed by atoms with Crippen molar-refractivity contribution < 1.29 is 31.8 Å². The van der Waals surface area contributed by atoms with Crippen molar-refractivity contribution in [1.29, 1.82) is 0 Å². The SMILES string of the molecule is COc1cc(-c2cc(C(F)(F)F)cc3c2n(C)c(=O)n3CC(=O)Nc2cncc(C)c2)cc(F)c1OCc1nnc[nH]1.Cl. The van der Waals surface area contributed by atoms with Gasteiger partial charge in [-0.15, -0.1) is 22.6 Å². The van der Waals surface area contributed by atoms with Gasteiger partial charge >= 0.3 is 11.9 Å². The second-order valence-corrected chi connectivity index (χ2v) is 9.33. The molecule has 0 aliphatic rings. The zero-order chi connectivity index (χ0) is 30.2. The van der Waals surface area contributed by atoms with Crippen LogP contribution in [0.4, 0.5) is 23.2 Å². The first-order valence-electron chi connectivity index (χ1n) is 12.3. The molecule has 0 radical (unpaired) electrons. The van der Waals surface area contributed by atoms with E-state index in [-0.39, 0.29) is 52.7 Å². The van der Waals surface area contributed by atoms with Crippen molar-refractivity contribution >= 4 is 35.0 Å². The summed E-state index contributed by atoms with van der Waals surface area (Å²) in [6.45, 7) is 1.00.